The van der Waals surface area contributed by atoms with E-state index in [9.17, 15) is 14.4 Å². The Hall–Kier alpha value is -3.58. The summed E-state index contributed by atoms with van der Waals surface area (Å²) in [5.74, 6) is -0.511. The summed E-state index contributed by atoms with van der Waals surface area (Å²) in [6.07, 6.45) is 1.14. The number of hydrogen-bond acceptors (Lipinski definition) is 5. The molecule has 0 saturated carbocycles. The highest BCUT2D eigenvalue weighted by atomic mass is 35.5. The number of benzene rings is 2. The second kappa shape index (κ2) is 8.65. The highest BCUT2D eigenvalue weighted by Crippen LogP contribution is 2.36. The Bertz CT molecular complexity index is 1140. The van der Waals surface area contributed by atoms with E-state index in [0.29, 0.717) is 34.1 Å². The van der Waals surface area contributed by atoms with Gasteiger partial charge in [0.15, 0.2) is 11.9 Å². The van der Waals surface area contributed by atoms with Crippen molar-refractivity contribution in [2.24, 2.45) is 0 Å². The molecule has 2 aromatic carbocycles. The van der Waals surface area contributed by atoms with Crippen molar-refractivity contribution < 1.29 is 23.5 Å². The van der Waals surface area contributed by atoms with Crippen LogP contribution in [0.4, 0.5) is 11.4 Å². The molecule has 0 aliphatic carbocycles. The van der Waals surface area contributed by atoms with Gasteiger partial charge in [-0.05, 0) is 48.9 Å². The van der Waals surface area contributed by atoms with Crippen LogP contribution in [-0.2, 0) is 9.59 Å². The average molecular weight is 439 g/mol. The Kier molecular flexibility index (Phi) is 5.77. The molecule has 1 atom stereocenters. The number of hydrogen-bond donors (Lipinski definition) is 1. The Balaban J connectivity index is 1.64. The summed E-state index contributed by atoms with van der Waals surface area (Å²) in [5, 5.41) is 3.10. The molecule has 2 heterocycles. The van der Waals surface area contributed by atoms with E-state index in [1.165, 1.54) is 17.2 Å². The number of fused-ring (bicyclic) bond motifs is 1. The maximum absolute atomic E-state index is 13.0. The molecular formula is C23H19ClN2O5. The first-order chi connectivity index (χ1) is 15.0. The molecule has 0 fully saturated rings. The summed E-state index contributed by atoms with van der Waals surface area (Å²) < 4.78 is 11.0. The van der Waals surface area contributed by atoms with E-state index in [1.807, 2.05) is 6.92 Å². The zero-order chi connectivity index (χ0) is 22.0. The summed E-state index contributed by atoms with van der Waals surface area (Å²) in [6.45, 7) is 1.57. The standard InChI is InChI=1S/C23H19ClN2O5/c1-2-18-23(29)26(13-21(27)25-16-7-4-3-6-15(16)24)17-12-14(9-10-19(17)31-18)22(28)20-8-5-11-30-20/h3-12,18H,2,13H2,1H3,(H,25,27)/t18-/m0/s1. The topological polar surface area (TPSA) is 88.8 Å². The molecular weight excluding hydrogens is 420 g/mol. The fourth-order valence-corrected chi connectivity index (χ4v) is 3.52. The molecule has 0 bridgehead atoms. The highest BCUT2D eigenvalue weighted by molar-refractivity contribution is 6.33. The molecule has 3 aromatic rings. The number of furan rings is 1. The van der Waals surface area contributed by atoms with Crippen LogP contribution in [0.1, 0.15) is 29.5 Å². The van der Waals surface area contributed by atoms with Crippen molar-refractivity contribution >= 4 is 40.6 Å². The maximum atomic E-state index is 13.0. The molecule has 0 saturated heterocycles. The van der Waals surface area contributed by atoms with Gasteiger partial charge in [0.25, 0.3) is 5.91 Å². The largest absolute Gasteiger partial charge is 0.478 e. The fraction of sp³-hybridized carbons (Fsp3) is 0.174. The fourth-order valence-electron chi connectivity index (χ4n) is 3.33. The molecule has 31 heavy (non-hydrogen) atoms. The van der Waals surface area contributed by atoms with Crippen molar-refractivity contribution in [3.63, 3.8) is 0 Å². The van der Waals surface area contributed by atoms with Crippen molar-refractivity contribution in [3.8, 4) is 5.75 Å². The van der Waals surface area contributed by atoms with Crippen molar-refractivity contribution in [2.75, 3.05) is 16.8 Å². The number of nitrogens with one attached hydrogen (secondary N) is 1. The van der Waals surface area contributed by atoms with Crippen LogP contribution in [0.25, 0.3) is 0 Å². The summed E-state index contributed by atoms with van der Waals surface area (Å²) in [5.41, 5.74) is 1.11. The lowest BCUT2D eigenvalue weighted by molar-refractivity contribution is -0.128. The van der Waals surface area contributed by atoms with Gasteiger partial charge in [0.2, 0.25) is 11.7 Å². The molecule has 158 valence electrons. The lowest BCUT2D eigenvalue weighted by Gasteiger charge is -2.34. The first-order valence-electron chi connectivity index (χ1n) is 9.72. The van der Waals surface area contributed by atoms with Crippen LogP contribution in [0.15, 0.2) is 65.3 Å². The Morgan fingerprint density at radius 3 is 2.65 bits per heavy atom. The molecule has 7 nitrogen and oxygen atoms in total. The predicted molar refractivity (Wildman–Crippen MR) is 116 cm³/mol. The number of ether oxygens (including phenoxy) is 1. The molecule has 0 unspecified atom stereocenters. The number of rotatable bonds is 6. The molecule has 1 aliphatic heterocycles. The van der Waals surface area contributed by atoms with Gasteiger partial charge in [-0.3, -0.25) is 19.3 Å². The quantitative estimate of drug-likeness (QED) is 0.579. The number of para-hydroxylation sites is 1. The predicted octanol–water partition coefficient (Wildman–Crippen LogP) is 4.31. The van der Waals surface area contributed by atoms with E-state index < -0.39 is 12.0 Å². The SMILES string of the molecule is CC[C@@H]1Oc2ccc(C(=O)c3ccco3)cc2N(CC(=O)Nc2ccccc2Cl)C1=O. The molecule has 0 spiro atoms. The minimum atomic E-state index is -0.716. The van der Waals surface area contributed by atoms with Gasteiger partial charge in [-0.1, -0.05) is 30.7 Å². The Labute approximate surface area is 183 Å². The lowest BCUT2D eigenvalue weighted by atomic mass is 10.0. The molecule has 1 aliphatic rings. The summed E-state index contributed by atoms with van der Waals surface area (Å²) in [6, 6.07) is 14.8. The number of carbonyl (C=O) groups is 3. The van der Waals surface area contributed by atoms with Crippen molar-refractivity contribution in [2.45, 2.75) is 19.4 Å². The molecule has 1 aromatic heterocycles. The van der Waals surface area contributed by atoms with E-state index in [0.717, 1.165) is 0 Å². The summed E-state index contributed by atoms with van der Waals surface area (Å²) in [4.78, 5) is 39.7. The van der Waals surface area contributed by atoms with Crippen LogP contribution >= 0.6 is 11.6 Å². The third-order valence-electron chi connectivity index (χ3n) is 4.89. The zero-order valence-electron chi connectivity index (χ0n) is 16.6. The van der Waals surface area contributed by atoms with Crippen LogP contribution < -0.4 is 15.0 Å². The van der Waals surface area contributed by atoms with Crippen molar-refractivity contribution in [1.82, 2.24) is 0 Å². The van der Waals surface area contributed by atoms with Gasteiger partial charge in [-0.25, -0.2) is 0 Å². The van der Waals surface area contributed by atoms with Crippen LogP contribution in [0, 0.1) is 0 Å². The van der Waals surface area contributed by atoms with Crippen LogP contribution in [0.3, 0.4) is 0 Å². The third-order valence-corrected chi connectivity index (χ3v) is 5.22. The second-order valence-corrected chi connectivity index (χ2v) is 7.36. The monoisotopic (exact) mass is 438 g/mol. The zero-order valence-corrected chi connectivity index (χ0v) is 17.4. The normalized spacial score (nSPS) is 15.2. The average Bonchev–Trinajstić information content (AvgIpc) is 3.31. The van der Waals surface area contributed by atoms with Gasteiger partial charge in [-0.15, -0.1) is 0 Å². The van der Waals surface area contributed by atoms with E-state index in [1.54, 1.807) is 48.5 Å². The van der Waals surface area contributed by atoms with Gasteiger partial charge >= 0.3 is 0 Å². The minimum Gasteiger partial charge on any atom is -0.478 e. The smallest absolute Gasteiger partial charge is 0.268 e. The van der Waals surface area contributed by atoms with Gasteiger partial charge in [0.05, 0.1) is 22.7 Å². The van der Waals surface area contributed by atoms with Gasteiger partial charge in [0.1, 0.15) is 12.3 Å². The van der Waals surface area contributed by atoms with Gasteiger partial charge in [-0.2, -0.15) is 0 Å². The van der Waals surface area contributed by atoms with Crippen LogP contribution in [0.5, 0.6) is 5.75 Å². The molecule has 4 rings (SSSR count). The van der Waals surface area contributed by atoms with Gasteiger partial charge < -0.3 is 14.5 Å². The van der Waals surface area contributed by atoms with E-state index in [4.69, 9.17) is 20.8 Å². The Morgan fingerprint density at radius 1 is 1.13 bits per heavy atom. The van der Waals surface area contributed by atoms with E-state index >= 15 is 0 Å². The maximum Gasteiger partial charge on any atom is 0.268 e. The lowest BCUT2D eigenvalue weighted by Crippen LogP contribution is -2.48. The van der Waals surface area contributed by atoms with Crippen molar-refractivity contribution in [1.29, 1.82) is 0 Å². The number of amides is 2. The number of halogens is 1. The molecule has 1 N–H and O–H groups in total. The van der Waals surface area contributed by atoms with E-state index in [-0.39, 0.29) is 24.0 Å². The Morgan fingerprint density at radius 2 is 1.94 bits per heavy atom. The highest BCUT2D eigenvalue weighted by Gasteiger charge is 2.35. The minimum absolute atomic E-state index is 0.178. The number of nitrogens with zero attached hydrogens (tertiary/aromatic N) is 1. The third kappa shape index (κ3) is 4.18. The summed E-state index contributed by atoms with van der Waals surface area (Å²) >= 11 is 6.11. The molecule has 8 heteroatoms. The number of carbonyl (C=O) groups excluding carboxylic acids is 3. The summed E-state index contributed by atoms with van der Waals surface area (Å²) in [7, 11) is 0. The van der Waals surface area contributed by atoms with E-state index in [2.05, 4.69) is 5.32 Å². The van der Waals surface area contributed by atoms with Crippen molar-refractivity contribution in [3.05, 3.63) is 77.2 Å². The first-order valence-corrected chi connectivity index (χ1v) is 10.1. The molecule has 0 radical (unpaired) electrons. The molecule has 2 amide bonds. The van der Waals surface area contributed by atoms with Crippen LogP contribution in [0.2, 0.25) is 5.02 Å². The number of anilines is 2. The second-order valence-electron chi connectivity index (χ2n) is 6.96. The van der Waals surface area contributed by atoms with Gasteiger partial charge in [0, 0.05) is 5.56 Å². The van der Waals surface area contributed by atoms with Crippen LogP contribution in [-0.4, -0.2) is 30.2 Å². The first kappa shape index (κ1) is 20.7. The number of ketones is 1.